The standard InChI is InChI=1S/C22H24O3/c1-4-13-24-22(23)25-21-19-15(5-2)9-7-11-17(19)14-18-12-8-10-16(6-3)20(18)21/h7-12,14H,4-6,13H2,1-3H3. The number of fused-ring (bicyclic) bond motifs is 2. The summed E-state index contributed by atoms with van der Waals surface area (Å²) in [6.07, 6.45) is 1.88. The molecule has 130 valence electrons. The summed E-state index contributed by atoms with van der Waals surface area (Å²) in [5.41, 5.74) is 2.34. The highest BCUT2D eigenvalue weighted by molar-refractivity contribution is 6.08. The fourth-order valence-corrected chi connectivity index (χ4v) is 3.32. The van der Waals surface area contributed by atoms with Gasteiger partial charge in [-0.2, -0.15) is 0 Å². The van der Waals surface area contributed by atoms with Crippen molar-refractivity contribution in [1.29, 1.82) is 0 Å². The number of carbonyl (C=O) groups excluding carboxylic acids is 1. The number of aryl methyl sites for hydroxylation is 2. The second kappa shape index (κ2) is 7.56. The Hall–Kier alpha value is -2.55. The van der Waals surface area contributed by atoms with Crippen molar-refractivity contribution in [3.05, 3.63) is 53.6 Å². The number of hydrogen-bond acceptors (Lipinski definition) is 3. The first-order valence-electron chi connectivity index (χ1n) is 9.00. The molecule has 3 aromatic carbocycles. The van der Waals surface area contributed by atoms with E-state index in [-0.39, 0.29) is 0 Å². The fourth-order valence-electron chi connectivity index (χ4n) is 3.32. The molecular weight excluding hydrogens is 312 g/mol. The highest BCUT2D eigenvalue weighted by atomic mass is 16.7. The molecule has 0 fully saturated rings. The first kappa shape index (κ1) is 17.3. The Morgan fingerprint density at radius 3 is 1.92 bits per heavy atom. The zero-order valence-corrected chi connectivity index (χ0v) is 15.1. The summed E-state index contributed by atoms with van der Waals surface area (Å²) in [6, 6.07) is 14.6. The van der Waals surface area contributed by atoms with E-state index in [1.807, 2.05) is 6.92 Å². The molecule has 0 atom stereocenters. The Morgan fingerprint density at radius 1 is 0.880 bits per heavy atom. The highest BCUT2D eigenvalue weighted by Gasteiger charge is 2.18. The van der Waals surface area contributed by atoms with Crippen molar-refractivity contribution in [2.24, 2.45) is 0 Å². The first-order valence-corrected chi connectivity index (χ1v) is 9.00. The summed E-state index contributed by atoms with van der Waals surface area (Å²) in [7, 11) is 0. The van der Waals surface area contributed by atoms with Crippen molar-refractivity contribution in [2.45, 2.75) is 40.0 Å². The zero-order chi connectivity index (χ0) is 17.8. The minimum Gasteiger partial charge on any atom is -0.434 e. The molecule has 0 bridgehead atoms. The van der Waals surface area contributed by atoms with Gasteiger partial charge in [0.1, 0.15) is 0 Å². The van der Waals surface area contributed by atoms with E-state index >= 15 is 0 Å². The van der Waals surface area contributed by atoms with Crippen LogP contribution in [0.25, 0.3) is 21.5 Å². The smallest absolute Gasteiger partial charge is 0.434 e. The topological polar surface area (TPSA) is 35.5 Å². The van der Waals surface area contributed by atoms with Crippen molar-refractivity contribution < 1.29 is 14.3 Å². The molecular formula is C22H24O3. The van der Waals surface area contributed by atoms with Gasteiger partial charge in [-0.05, 0) is 47.2 Å². The number of benzene rings is 3. The SMILES string of the molecule is CCCOC(=O)Oc1c2c(CC)cccc2cc2cccc(CC)c12. The molecule has 0 radical (unpaired) electrons. The molecule has 3 nitrogen and oxygen atoms in total. The number of ether oxygens (including phenoxy) is 2. The second-order valence-electron chi connectivity index (χ2n) is 6.14. The van der Waals surface area contributed by atoms with Gasteiger partial charge in [-0.3, -0.25) is 0 Å². The summed E-state index contributed by atoms with van der Waals surface area (Å²) in [5, 5.41) is 4.18. The van der Waals surface area contributed by atoms with E-state index in [2.05, 4.69) is 56.3 Å². The molecule has 0 aliphatic heterocycles. The van der Waals surface area contributed by atoms with Gasteiger partial charge < -0.3 is 9.47 Å². The monoisotopic (exact) mass is 336 g/mol. The Labute approximate surface area is 148 Å². The molecule has 0 saturated carbocycles. The Morgan fingerprint density at radius 2 is 1.44 bits per heavy atom. The van der Waals surface area contributed by atoms with Crippen LogP contribution < -0.4 is 4.74 Å². The van der Waals surface area contributed by atoms with Crippen LogP contribution in [0.5, 0.6) is 5.75 Å². The van der Waals surface area contributed by atoms with E-state index in [0.717, 1.165) is 40.8 Å². The second-order valence-corrected chi connectivity index (χ2v) is 6.14. The highest BCUT2D eigenvalue weighted by Crippen LogP contribution is 2.39. The van der Waals surface area contributed by atoms with Gasteiger partial charge in [-0.25, -0.2) is 4.79 Å². The van der Waals surface area contributed by atoms with E-state index in [0.29, 0.717) is 12.4 Å². The quantitative estimate of drug-likeness (QED) is 0.323. The molecule has 0 spiro atoms. The van der Waals surface area contributed by atoms with Crippen LogP contribution in [0, 0.1) is 0 Å². The van der Waals surface area contributed by atoms with E-state index in [9.17, 15) is 4.79 Å². The molecule has 0 heterocycles. The molecule has 0 amide bonds. The lowest BCUT2D eigenvalue weighted by atomic mass is 9.94. The maximum atomic E-state index is 12.2. The van der Waals surface area contributed by atoms with Crippen LogP contribution >= 0.6 is 0 Å². The van der Waals surface area contributed by atoms with Gasteiger partial charge >= 0.3 is 6.16 Å². The van der Waals surface area contributed by atoms with Crippen molar-refractivity contribution >= 4 is 27.7 Å². The average Bonchev–Trinajstić information content (AvgIpc) is 2.64. The van der Waals surface area contributed by atoms with Crippen molar-refractivity contribution in [3.63, 3.8) is 0 Å². The number of carbonyl (C=O) groups is 1. The van der Waals surface area contributed by atoms with E-state index < -0.39 is 6.16 Å². The molecule has 0 aliphatic rings. The fraction of sp³-hybridized carbons (Fsp3) is 0.318. The van der Waals surface area contributed by atoms with Crippen LogP contribution in [-0.4, -0.2) is 12.8 Å². The zero-order valence-electron chi connectivity index (χ0n) is 15.1. The van der Waals surface area contributed by atoms with Crippen LogP contribution in [-0.2, 0) is 17.6 Å². The molecule has 3 rings (SSSR count). The maximum Gasteiger partial charge on any atom is 0.513 e. The number of rotatable bonds is 5. The average molecular weight is 336 g/mol. The van der Waals surface area contributed by atoms with Crippen LogP contribution in [0.4, 0.5) is 4.79 Å². The largest absolute Gasteiger partial charge is 0.513 e. The Bertz CT molecular complexity index is 850. The first-order chi connectivity index (χ1) is 12.2. The third-order valence-corrected chi connectivity index (χ3v) is 4.50. The van der Waals surface area contributed by atoms with E-state index in [1.165, 1.54) is 11.1 Å². The molecule has 3 aromatic rings. The molecule has 0 saturated heterocycles. The summed E-state index contributed by atoms with van der Waals surface area (Å²) in [4.78, 5) is 12.2. The molecule has 0 aromatic heterocycles. The van der Waals surface area contributed by atoms with Crippen LogP contribution in [0.15, 0.2) is 42.5 Å². The van der Waals surface area contributed by atoms with Gasteiger partial charge in [0.15, 0.2) is 5.75 Å². The molecule has 25 heavy (non-hydrogen) atoms. The lowest BCUT2D eigenvalue weighted by Crippen LogP contribution is -2.12. The maximum absolute atomic E-state index is 12.2. The Balaban J connectivity index is 2.31. The van der Waals surface area contributed by atoms with E-state index in [1.54, 1.807) is 0 Å². The van der Waals surface area contributed by atoms with Crippen molar-refractivity contribution in [1.82, 2.24) is 0 Å². The summed E-state index contributed by atoms with van der Waals surface area (Å²) >= 11 is 0. The van der Waals surface area contributed by atoms with Gasteiger partial charge in [-0.1, -0.05) is 57.2 Å². The van der Waals surface area contributed by atoms with Gasteiger partial charge in [0.25, 0.3) is 0 Å². The minimum atomic E-state index is -0.632. The van der Waals surface area contributed by atoms with Gasteiger partial charge in [0, 0.05) is 10.8 Å². The van der Waals surface area contributed by atoms with Gasteiger partial charge in [0.05, 0.1) is 6.61 Å². The molecule has 0 N–H and O–H groups in total. The van der Waals surface area contributed by atoms with Crippen LogP contribution in [0.1, 0.15) is 38.3 Å². The molecule has 0 unspecified atom stereocenters. The van der Waals surface area contributed by atoms with Crippen molar-refractivity contribution in [3.8, 4) is 5.75 Å². The third kappa shape index (κ3) is 3.32. The van der Waals surface area contributed by atoms with Crippen LogP contribution in [0.2, 0.25) is 0 Å². The van der Waals surface area contributed by atoms with Crippen molar-refractivity contribution in [2.75, 3.05) is 6.61 Å². The lowest BCUT2D eigenvalue weighted by molar-refractivity contribution is 0.100. The summed E-state index contributed by atoms with van der Waals surface area (Å²) in [6.45, 7) is 6.56. The minimum absolute atomic E-state index is 0.364. The third-order valence-electron chi connectivity index (χ3n) is 4.50. The number of hydrogen-bond donors (Lipinski definition) is 0. The van der Waals surface area contributed by atoms with Crippen LogP contribution in [0.3, 0.4) is 0 Å². The van der Waals surface area contributed by atoms with Gasteiger partial charge in [0.2, 0.25) is 0 Å². The summed E-state index contributed by atoms with van der Waals surface area (Å²) < 4.78 is 10.9. The lowest BCUT2D eigenvalue weighted by Gasteiger charge is -2.16. The summed E-state index contributed by atoms with van der Waals surface area (Å²) in [5.74, 6) is 0.628. The van der Waals surface area contributed by atoms with Gasteiger partial charge in [-0.15, -0.1) is 0 Å². The Kier molecular flexibility index (Phi) is 5.22. The predicted molar refractivity (Wildman–Crippen MR) is 102 cm³/mol. The molecule has 0 aliphatic carbocycles. The molecule has 3 heteroatoms. The normalized spacial score (nSPS) is 11.0. The van der Waals surface area contributed by atoms with E-state index in [4.69, 9.17) is 9.47 Å². The predicted octanol–water partition coefficient (Wildman–Crippen LogP) is 6.04.